The van der Waals surface area contributed by atoms with Crippen molar-refractivity contribution in [1.82, 2.24) is 14.7 Å². The van der Waals surface area contributed by atoms with E-state index in [4.69, 9.17) is 21.7 Å². The van der Waals surface area contributed by atoms with E-state index in [9.17, 15) is 9.90 Å². The van der Waals surface area contributed by atoms with Gasteiger partial charge < -0.3 is 24.4 Å². The molecule has 1 amide bonds. The van der Waals surface area contributed by atoms with E-state index in [0.717, 1.165) is 56.2 Å². The van der Waals surface area contributed by atoms with Crippen molar-refractivity contribution in [2.75, 3.05) is 39.3 Å². The molecule has 0 aromatic heterocycles. The molecule has 8 heteroatoms. The first kappa shape index (κ1) is 25.9. The fourth-order valence-corrected chi connectivity index (χ4v) is 5.81. The van der Waals surface area contributed by atoms with Crippen LogP contribution in [0.2, 0.25) is 0 Å². The summed E-state index contributed by atoms with van der Waals surface area (Å²) in [5.41, 5.74) is 3.22. The standard InChI is InChI=1S/C29H37N3O4S/c1-20-16-32(19-24(33)18-30-12-9-22-5-3-4-6-23(22)17-30)29(34)27-8-7-26(15-28(27)35-20)36-25-10-13-31(14-11-25)21(2)37/h3-8,15,20,24-25,33H,9-14,16-19H2,1-2H3/t20-,24?/m0/s1. The van der Waals surface area contributed by atoms with Crippen LogP contribution in [0.4, 0.5) is 0 Å². The molecule has 37 heavy (non-hydrogen) atoms. The predicted molar refractivity (Wildman–Crippen MR) is 147 cm³/mol. The van der Waals surface area contributed by atoms with Crippen LogP contribution in [0.25, 0.3) is 0 Å². The molecule has 1 unspecified atom stereocenters. The highest BCUT2D eigenvalue weighted by Crippen LogP contribution is 2.31. The van der Waals surface area contributed by atoms with Crippen LogP contribution in [-0.2, 0) is 13.0 Å². The molecule has 7 nitrogen and oxygen atoms in total. The molecule has 2 aromatic carbocycles. The zero-order valence-corrected chi connectivity index (χ0v) is 22.6. The van der Waals surface area contributed by atoms with Crippen molar-refractivity contribution in [3.63, 3.8) is 0 Å². The van der Waals surface area contributed by atoms with Gasteiger partial charge in [-0.25, -0.2) is 0 Å². The highest BCUT2D eigenvalue weighted by atomic mass is 32.1. The molecule has 198 valence electrons. The molecule has 0 bridgehead atoms. The summed E-state index contributed by atoms with van der Waals surface area (Å²) < 4.78 is 12.4. The highest BCUT2D eigenvalue weighted by molar-refractivity contribution is 7.80. The fourth-order valence-electron chi connectivity index (χ4n) is 5.63. The summed E-state index contributed by atoms with van der Waals surface area (Å²) in [4.78, 5) is 20.6. The number of hydrogen-bond acceptors (Lipinski definition) is 6. The van der Waals surface area contributed by atoms with Gasteiger partial charge in [0.15, 0.2) is 0 Å². The van der Waals surface area contributed by atoms with Crippen molar-refractivity contribution in [1.29, 1.82) is 0 Å². The van der Waals surface area contributed by atoms with Crippen molar-refractivity contribution in [3.8, 4) is 11.5 Å². The third kappa shape index (κ3) is 6.25. The van der Waals surface area contributed by atoms with Gasteiger partial charge in [0.2, 0.25) is 0 Å². The second-order valence-electron chi connectivity index (χ2n) is 10.5. The summed E-state index contributed by atoms with van der Waals surface area (Å²) in [6.45, 7) is 8.71. The second-order valence-corrected chi connectivity index (χ2v) is 11.1. The van der Waals surface area contributed by atoms with Gasteiger partial charge in [-0.05, 0) is 43.5 Å². The number of carbonyl (C=O) groups excluding carboxylic acids is 1. The first-order valence-electron chi connectivity index (χ1n) is 13.3. The zero-order chi connectivity index (χ0) is 25.9. The maximum atomic E-state index is 13.4. The van der Waals surface area contributed by atoms with Gasteiger partial charge in [0.05, 0.1) is 23.2 Å². The van der Waals surface area contributed by atoms with E-state index < -0.39 is 6.10 Å². The van der Waals surface area contributed by atoms with Crippen LogP contribution in [0.15, 0.2) is 42.5 Å². The Kier molecular flexibility index (Phi) is 7.98. The summed E-state index contributed by atoms with van der Waals surface area (Å²) >= 11 is 5.29. The third-order valence-corrected chi connectivity index (χ3v) is 7.83. The van der Waals surface area contributed by atoms with Crippen LogP contribution in [-0.4, -0.2) is 88.3 Å². The first-order chi connectivity index (χ1) is 17.9. The average molecular weight is 524 g/mol. The SMILES string of the molecule is CC(=S)N1CCC(Oc2ccc3c(c2)O[C@@H](C)CN(CC(O)CN2CCc4ccccc4C2)C3=O)CC1. The van der Waals surface area contributed by atoms with Gasteiger partial charge in [-0.2, -0.15) is 0 Å². The molecule has 0 radical (unpaired) electrons. The number of hydrogen-bond donors (Lipinski definition) is 1. The Bertz CT molecular complexity index is 1130. The normalized spacial score (nSPS) is 21.5. The molecule has 3 aliphatic rings. The van der Waals surface area contributed by atoms with E-state index in [1.807, 2.05) is 26.0 Å². The van der Waals surface area contributed by atoms with Gasteiger partial charge in [0.1, 0.15) is 23.7 Å². The highest BCUT2D eigenvalue weighted by Gasteiger charge is 2.30. The van der Waals surface area contributed by atoms with Crippen molar-refractivity contribution in [2.45, 2.75) is 58.0 Å². The molecule has 0 saturated carbocycles. The topological polar surface area (TPSA) is 65.5 Å². The van der Waals surface area contributed by atoms with E-state index in [1.54, 1.807) is 11.0 Å². The quantitative estimate of drug-likeness (QED) is 0.582. The van der Waals surface area contributed by atoms with Crippen LogP contribution < -0.4 is 9.47 Å². The van der Waals surface area contributed by atoms with E-state index in [0.29, 0.717) is 24.4 Å². The van der Waals surface area contributed by atoms with Crippen LogP contribution in [0.5, 0.6) is 11.5 Å². The van der Waals surface area contributed by atoms with E-state index in [-0.39, 0.29) is 24.7 Å². The number of carbonyl (C=O) groups is 1. The number of piperidine rings is 1. The molecule has 2 aromatic rings. The molecule has 0 spiro atoms. The number of aliphatic hydroxyl groups excluding tert-OH is 1. The minimum Gasteiger partial charge on any atom is -0.490 e. The summed E-state index contributed by atoms with van der Waals surface area (Å²) in [6, 6.07) is 14.0. The fraction of sp³-hybridized carbons (Fsp3) is 0.517. The number of β-amino-alcohol motifs (C(OH)–C–C–N with tert-alkyl or cyclic N) is 1. The molecule has 1 N–H and O–H groups in total. The zero-order valence-electron chi connectivity index (χ0n) is 21.8. The lowest BCUT2D eigenvalue weighted by Gasteiger charge is -2.33. The van der Waals surface area contributed by atoms with Crippen LogP contribution in [0.3, 0.4) is 0 Å². The summed E-state index contributed by atoms with van der Waals surface area (Å²) in [7, 11) is 0. The maximum Gasteiger partial charge on any atom is 0.257 e. The van der Waals surface area contributed by atoms with Gasteiger partial charge >= 0.3 is 0 Å². The Hall–Kier alpha value is -2.68. The smallest absolute Gasteiger partial charge is 0.257 e. The van der Waals surface area contributed by atoms with E-state index >= 15 is 0 Å². The molecule has 1 saturated heterocycles. The maximum absolute atomic E-state index is 13.4. The number of fused-ring (bicyclic) bond motifs is 2. The van der Waals surface area contributed by atoms with Crippen molar-refractivity contribution >= 4 is 23.1 Å². The third-order valence-electron chi connectivity index (χ3n) is 7.58. The van der Waals surface area contributed by atoms with Gasteiger partial charge in [0, 0.05) is 58.2 Å². The van der Waals surface area contributed by atoms with Gasteiger partial charge in [-0.3, -0.25) is 9.69 Å². The number of rotatable bonds is 6. The van der Waals surface area contributed by atoms with Crippen molar-refractivity contribution < 1.29 is 19.4 Å². The van der Waals surface area contributed by atoms with Crippen LogP contribution >= 0.6 is 12.2 Å². The van der Waals surface area contributed by atoms with E-state index in [2.05, 4.69) is 34.1 Å². The molecule has 1 fully saturated rings. The summed E-state index contributed by atoms with van der Waals surface area (Å²) in [5, 5.41) is 10.9. The van der Waals surface area contributed by atoms with Gasteiger partial charge in [0.25, 0.3) is 5.91 Å². The predicted octanol–water partition coefficient (Wildman–Crippen LogP) is 3.52. The molecular formula is C29H37N3O4S. The molecule has 3 aliphatic heterocycles. The Morgan fingerprint density at radius 2 is 1.89 bits per heavy atom. The minimum absolute atomic E-state index is 0.112. The van der Waals surface area contributed by atoms with Gasteiger partial charge in [-0.1, -0.05) is 36.5 Å². The molecular weight excluding hydrogens is 486 g/mol. The summed E-state index contributed by atoms with van der Waals surface area (Å²) in [6.07, 6.45) is 2.11. The Morgan fingerprint density at radius 1 is 1.14 bits per heavy atom. The number of benzene rings is 2. The van der Waals surface area contributed by atoms with Gasteiger partial charge in [-0.15, -0.1) is 0 Å². The number of nitrogens with zero attached hydrogens (tertiary/aromatic N) is 3. The number of ether oxygens (including phenoxy) is 2. The van der Waals surface area contributed by atoms with Crippen molar-refractivity contribution in [2.24, 2.45) is 0 Å². The number of amides is 1. The Balaban J connectivity index is 1.20. The molecule has 5 rings (SSSR count). The number of likely N-dealkylation sites (tertiary alicyclic amines) is 1. The number of aliphatic hydroxyl groups is 1. The summed E-state index contributed by atoms with van der Waals surface area (Å²) in [5.74, 6) is 1.15. The molecule has 3 heterocycles. The lowest BCUT2D eigenvalue weighted by atomic mass is 10.00. The second kappa shape index (κ2) is 11.4. The first-order valence-corrected chi connectivity index (χ1v) is 13.8. The number of thiocarbonyl (C=S) groups is 1. The van der Waals surface area contributed by atoms with Crippen molar-refractivity contribution in [3.05, 3.63) is 59.2 Å². The Labute approximate surface area is 224 Å². The minimum atomic E-state index is -0.632. The molecule has 0 aliphatic carbocycles. The monoisotopic (exact) mass is 523 g/mol. The van der Waals surface area contributed by atoms with Crippen LogP contribution in [0, 0.1) is 0 Å². The van der Waals surface area contributed by atoms with E-state index in [1.165, 1.54) is 11.1 Å². The lowest BCUT2D eigenvalue weighted by molar-refractivity contribution is 0.0454. The Morgan fingerprint density at radius 3 is 2.65 bits per heavy atom. The van der Waals surface area contributed by atoms with Crippen LogP contribution in [0.1, 0.15) is 48.2 Å². The lowest BCUT2D eigenvalue weighted by Crippen LogP contribution is -2.45. The average Bonchev–Trinajstić information content (AvgIpc) is 2.99. The molecule has 2 atom stereocenters. The largest absolute Gasteiger partial charge is 0.490 e.